The van der Waals surface area contributed by atoms with Crippen LogP contribution in [0, 0.1) is 6.92 Å². The highest BCUT2D eigenvalue weighted by Gasteiger charge is 2.17. The lowest BCUT2D eigenvalue weighted by atomic mass is 10.1. The molecule has 0 unspecified atom stereocenters. The third-order valence-electron chi connectivity index (χ3n) is 3.03. The Kier molecular flexibility index (Phi) is 2.68. The van der Waals surface area contributed by atoms with E-state index in [0.717, 1.165) is 5.56 Å². The van der Waals surface area contributed by atoms with Gasteiger partial charge in [-0.1, -0.05) is 17.7 Å². The molecule has 0 fully saturated rings. The molecule has 1 heterocycles. The quantitative estimate of drug-likeness (QED) is 0.746. The van der Waals surface area contributed by atoms with Gasteiger partial charge >= 0.3 is 5.97 Å². The summed E-state index contributed by atoms with van der Waals surface area (Å²) in [6.45, 7) is 1.88. The fraction of sp³-hybridized carbons (Fsp3) is 0.0667. The normalized spacial score (nSPS) is 10.8. The lowest BCUT2D eigenvalue weighted by Gasteiger charge is -2.00. The smallest absolute Gasteiger partial charge is 0.338 e. The molecule has 5 heteroatoms. The molecule has 3 rings (SSSR count). The SMILES string of the molecule is Cc1ccc(O)c(-c2nc3c(C(=O)O)cccc3o2)c1. The summed E-state index contributed by atoms with van der Waals surface area (Å²) in [6, 6.07) is 9.76. The number of nitrogens with zero attached hydrogens (tertiary/aromatic N) is 1. The summed E-state index contributed by atoms with van der Waals surface area (Å²) in [7, 11) is 0. The maximum atomic E-state index is 11.2. The van der Waals surface area contributed by atoms with E-state index in [4.69, 9.17) is 9.52 Å². The van der Waals surface area contributed by atoms with Crippen LogP contribution >= 0.6 is 0 Å². The standard InChI is InChI=1S/C15H11NO4/c1-8-5-6-11(17)10(7-8)14-16-13-9(15(18)19)3-2-4-12(13)20-14/h2-7,17H,1H3,(H,18,19). The van der Waals surface area contributed by atoms with E-state index in [-0.39, 0.29) is 22.7 Å². The molecule has 0 aliphatic heterocycles. The number of aromatic nitrogens is 1. The Morgan fingerprint density at radius 3 is 2.80 bits per heavy atom. The van der Waals surface area contributed by atoms with Crippen LogP contribution in [0.2, 0.25) is 0 Å². The van der Waals surface area contributed by atoms with E-state index < -0.39 is 5.97 Å². The number of rotatable bonds is 2. The van der Waals surface area contributed by atoms with Crippen LogP contribution in [0.4, 0.5) is 0 Å². The Morgan fingerprint density at radius 2 is 2.05 bits per heavy atom. The van der Waals surface area contributed by atoms with Crippen molar-refractivity contribution in [1.82, 2.24) is 4.98 Å². The van der Waals surface area contributed by atoms with E-state index in [1.165, 1.54) is 6.07 Å². The van der Waals surface area contributed by atoms with Crippen LogP contribution < -0.4 is 0 Å². The van der Waals surface area contributed by atoms with Gasteiger partial charge in [0, 0.05) is 0 Å². The number of oxazole rings is 1. The van der Waals surface area contributed by atoms with E-state index in [2.05, 4.69) is 4.98 Å². The van der Waals surface area contributed by atoms with Gasteiger partial charge in [0.05, 0.1) is 11.1 Å². The van der Waals surface area contributed by atoms with Gasteiger partial charge < -0.3 is 14.6 Å². The fourth-order valence-corrected chi connectivity index (χ4v) is 2.06. The van der Waals surface area contributed by atoms with E-state index in [0.29, 0.717) is 11.1 Å². The molecule has 2 N–H and O–H groups in total. The summed E-state index contributed by atoms with van der Waals surface area (Å²) in [4.78, 5) is 15.3. The Hall–Kier alpha value is -2.82. The van der Waals surface area contributed by atoms with Gasteiger partial charge in [-0.25, -0.2) is 9.78 Å². The van der Waals surface area contributed by atoms with Crippen LogP contribution in [0.15, 0.2) is 40.8 Å². The summed E-state index contributed by atoms with van der Waals surface area (Å²) < 4.78 is 5.55. The molecule has 0 aliphatic rings. The average Bonchev–Trinajstić information content (AvgIpc) is 2.84. The van der Waals surface area contributed by atoms with Gasteiger partial charge in [-0.2, -0.15) is 0 Å². The molecule has 0 amide bonds. The topological polar surface area (TPSA) is 83.6 Å². The summed E-state index contributed by atoms with van der Waals surface area (Å²) in [5.41, 5.74) is 2.11. The number of benzene rings is 2. The van der Waals surface area contributed by atoms with Crippen LogP contribution in [0.1, 0.15) is 15.9 Å². The first-order valence-corrected chi connectivity index (χ1v) is 5.99. The second-order valence-corrected chi connectivity index (χ2v) is 4.50. The van der Waals surface area contributed by atoms with Crippen LogP contribution in [-0.4, -0.2) is 21.2 Å². The van der Waals surface area contributed by atoms with Crippen molar-refractivity contribution in [3.8, 4) is 17.2 Å². The third-order valence-corrected chi connectivity index (χ3v) is 3.03. The highest BCUT2D eigenvalue weighted by atomic mass is 16.4. The monoisotopic (exact) mass is 269 g/mol. The third kappa shape index (κ3) is 1.89. The maximum Gasteiger partial charge on any atom is 0.338 e. The van der Waals surface area contributed by atoms with Gasteiger partial charge in [0.1, 0.15) is 11.3 Å². The molecule has 0 spiro atoms. The number of hydrogen-bond donors (Lipinski definition) is 2. The first kappa shape index (κ1) is 12.2. The molecule has 1 aromatic heterocycles. The first-order valence-electron chi connectivity index (χ1n) is 5.99. The molecule has 3 aromatic rings. The molecule has 0 bridgehead atoms. The second kappa shape index (κ2) is 4.38. The lowest BCUT2D eigenvalue weighted by molar-refractivity contribution is 0.0699. The molecule has 20 heavy (non-hydrogen) atoms. The number of carboxylic acid groups (broad SMARTS) is 1. The fourth-order valence-electron chi connectivity index (χ4n) is 2.06. The Bertz CT molecular complexity index is 820. The maximum absolute atomic E-state index is 11.2. The zero-order chi connectivity index (χ0) is 14.3. The molecular weight excluding hydrogens is 258 g/mol. The number of aryl methyl sites for hydroxylation is 1. The minimum Gasteiger partial charge on any atom is -0.507 e. The van der Waals surface area contributed by atoms with Gasteiger partial charge in [-0.3, -0.25) is 0 Å². The summed E-state index contributed by atoms with van der Waals surface area (Å²) >= 11 is 0. The molecule has 0 atom stereocenters. The van der Waals surface area contributed by atoms with Crippen LogP contribution in [0.5, 0.6) is 5.75 Å². The zero-order valence-electron chi connectivity index (χ0n) is 10.6. The number of carboxylic acids is 1. The van der Waals surface area contributed by atoms with Gasteiger partial charge in [-0.15, -0.1) is 0 Å². The van der Waals surface area contributed by atoms with Crippen molar-refractivity contribution in [2.24, 2.45) is 0 Å². The van der Waals surface area contributed by atoms with Gasteiger partial charge in [0.15, 0.2) is 5.58 Å². The lowest BCUT2D eigenvalue weighted by Crippen LogP contribution is -1.96. The van der Waals surface area contributed by atoms with Gasteiger partial charge in [0.2, 0.25) is 5.89 Å². The van der Waals surface area contributed by atoms with E-state index in [1.807, 2.05) is 6.92 Å². The van der Waals surface area contributed by atoms with Crippen molar-refractivity contribution in [2.45, 2.75) is 6.92 Å². The minimum absolute atomic E-state index is 0.0408. The number of para-hydroxylation sites is 1. The molecule has 0 radical (unpaired) electrons. The van der Waals surface area contributed by atoms with Crippen molar-refractivity contribution in [2.75, 3.05) is 0 Å². The summed E-state index contributed by atoms with van der Waals surface area (Å²) in [5, 5.41) is 19.0. The molecule has 0 saturated carbocycles. The molecule has 5 nitrogen and oxygen atoms in total. The largest absolute Gasteiger partial charge is 0.507 e. The Balaban J connectivity index is 2.26. The average molecular weight is 269 g/mol. The number of fused-ring (bicyclic) bond motifs is 1. The number of aromatic hydroxyl groups is 1. The molecular formula is C15H11NO4. The molecule has 0 aliphatic carbocycles. The molecule has 100 valence electrons. The number of phenolic OH excluding ortho intramolecular Hbond substituents is 1. The number of hydrogen-bond acceptors (Lipinski definition) is 4. The number of carbonyl (C=O) groups is 1. The first-order chi connectivity index (χ1) is 9.56. The van der Waals surface area contributed by atoms with Crippen molar-refractivity contribution in [3.05, 3.63) is 47.5 Å². The van der Waals surface area contributed by atoms with Crippen LogP contribution in [-0.2, 0) is 0 Å². The van der Waals surface area contributed by atoms with Crippen molar-refractivity contribution in [3.63, 3.8) is 0 Å². The van der Waals surface area contributed by atoms with E-state index in [1.54, 1.807) is 30.3 Å². The predicted molar refractivity (Wildman–Crippen MR) is 72.8 cm³/mol. The van der Waals surface area contributed by atoms with Crippen molar-refractivity contribution in [1.29, 1.82) is 0 Å². The number of phenols is 1. The summed E-state index contributed by atoms with van der Waals surface area (Å²) in [6.07, 6.45) is 0. The van der Waals surface area contributed by atoms with Crippen molar-refractivity contribution < 1.29 is 19.4 Å². The predicted octanol–water partition coefficient (Wildman–Crippen LogP) is 3.21. The van der Waals surface area contributed by atoms with Gasteiger partial charge in [-0.05, 0) is 31.2 Å². The van der Waals surface area contributed by atoms with E-state index >= 15 is 0 Å². The van der Waals surface area contributed by atoms with Crippen LogP contribution in [0.3, 0.4) is 0 Å². The van der Waals surface area contributed by atoms with Crippen molar-refractivity contribution >= 4 is 17.1 Å². The molecule has 0 saturated heterocycles. The zero-order valence-corrected chi connectivity index (χ0v) is 10.6. The highest BCUT2D eigenvalue weighted by molar-refractivity contribution is 6.00. The highest BCUT2D eigenvalue weighted by Crippen LogP contribution is 2.32. The molecule has 2 aromatic carbocycles. The Labute approximate surface area is 114 Å². The number of aromatic carboxylic acids is 1. The Morgan fingerprint density at radius 1 is 1.25 bits per heavy atom. The van der Waals surface area contributed by atoms with Gasteiger partial charge in [0.25, 0.3) is 0 Å². The summed E-state index contributed by atoms with van der Waals surface area (Å²) in [5.74, 6) is -0.821. The second-order valence-electron chi connectivity index (χ2n) is 4.50. The van der Waals surface area contributed by atoms with E-state index in [9.17, 15) is 9.90 Å². The minimum atomic E-state index is -1.07. The van der Waals surface area contributed by atoms with Crippen LogP contribution in [0.25, 0.3) is 22.6 Å².